The summed E-state index contributed by atoms with van der Waals surface area (Å²) in [5.41, 5.74) is 0. The van der Waals surface area contributed by atoms with Gasteiger partial charge in [-0.1, -0.05) is 0 Å². The minimum Gasteiger partial charge on any atom is -0.358 e. The molecule has 2 aromatic rings. The third-order valence-corrected chi connectivity index (χ3v) is 5.01. The van der Waals surface area contributed by atoms with Crippen LogP contribution in [0.25, 0.3) is 0 Å². The monoisotopic (exact) mass is 393 g/mol. The molecule has 0 aliphatic rings. The molecule has 1 heterocycles. The van der Waals surface area contributed by atoms with Gasteiger partial charge >= 0.3 is 5.82 Å². The lowest BCUT2D eigenvalue weighted by molar-refractivity contribution is -0.392. The Morgan fingerprint density at radius 2 is 1.89 bits per heavy atom. The van der Waals surface area contributed by atoms with E-state index >= 15 is 0 Å². The number of aryl methyl sites for hydroxylation is 1. The van der Waals surface area contributed by atoms with Gasteiger partial charge in [0.25, 0.3) is 0 Å². The van der Waals surface area contributed by atoms with Crippen molar-refractivity contribution in [3.63, 3.8) is 0 Å². The van der Waals surface area contributed by atoms with Gasteiger partial charge in [-0.3, -0.25) is 4.57 Å². The zero-order valence-corrected chi connectivity index (χ0v) is 12.6. The summed E-state index contributed by atoms with van der Waals surface area (Å²) in [6.07, 6.45) is 1.11. The van der Waals surface area contributed by atoms with Crippen LogP contribution in [0.4, 0.5) is 5.82 Å². The number of sulfone groups is 1. The molecule has 0 radical (unpaired) electrons. The van der Waals surface area contributed by atoms with Gasteiger partial charge < -0.3 is 10.1 Å². The molecule has 0 bridgehead atoms. The van der Waals surface area contributed by atoms with Crippen LogP contribution in [0, 0.1) is 13.7 Å². The average molecular weight is 393 g/mol. The second-order valence-electron chi connectivity index (χ2n) is 3.70. The van der Waals surface area contributed by atoms with Crippen molar-refractivity contribution in [1.82, 2.24) is 9.55 Å². The largest absolute Gasteiger partial charge is 0.401 e. The molecule has 100 valence electrons. The van der Waals surface area contributed by atoms with Gasteiger partial charge in [0.1, 0.15) is 0 Å². The minimum atomic E-state index is -3.96. The standard InChI is InChI=1S/C10H8IN3O4S/c1-13-6-12-9(14(15)16)10(13)19(17,18)8-4-2-7(11)3-5-8/h2-6H,1H3. The van der Waals surface area contributed by atoms with E-state index in [0.717, 1.165) is 14.5 Å². The predicted octanol–water partition coefficient (Wildman–Crippen LogP) is 1.77. The van der Waals surface area contributed by atoms with Gasteiger partial charge in [-0.05, 0) is 56.8 Å². The average Bonchev–Trinajstić information content (AvgIpc) is 2.72. The van der Waals surface area contributed by atoms with Crippen molar-refractivity contribution in [2.24, 2.45) is 7.05 Å². The number of nitrogens with zero attached hydrogens (tertiary/aromatic N) is 3. The minimum absolute atomic E-state index is 0.000356. The summed E-state index contributed by atoms with van der Waals surface area (Å²) in [5, 5.41) is 10.4. The predicted molar refractivity (Wildman–Crippen MR) is 74.5 cm³/mol. The quantitative estimate of drug-likeness (QED) is 0.450. The van der Waals surface area contributed by atoms with Crippen LogP contribution >= 0.6 is 22.6 Å². The first kappa shape index (κ1) is 13.9. The zero-order valence-electron chi connectivity index (χ0n) is 9.65. The first-order valence-electron chi connectivity index (χ1n) is 5.00. The molecule has 0 N–H and O–H groups in total. The van der Waals surface area contributed by atoms with E-state index in [9.17, 15) is 18.5 Å². The Bertz CT molecular complexity index is 737. The van der Waals surface area contributed by atoms with Gasteiger partial charge in [-0.2, -0.15) is 0 Å². The van der Waals surface area contributed by atoms with Gasteiger partial charge in [0.05, 0.1) is 4.90 Å². The number of hydrogen-bond donors (Lipinski definition) is 0. The van der Waals surface area contributed by atoms with E-state index in [1.54, 1.807) is 12.1 Å². The van der Waals surface area contributed by atoms with Crippen molar-refractivity contribution in [3.05, 3.63) is 44.3 Å². The molecule has 2 rings (SSSR count). The molecular weight excluding hydrogens is 385 g/mol. The van der Waals surface area contributed by atoms with Gasteiger partial charge in [-0.25, -0.2) is 8.42 Å². The van der Waals surface area contributed by atoms with E-state index in [2.05, 4.69) is 4.98 Å². The summed E-state index contributed by atoms with van der Waals surface area (Å²) in [6.45, 7) is 0. The summed E-state index contributed by atoms with van der Waals surface area (Å²) < 4.78 is 26.8. The molecule has 0 atom stereocenters. The Morgan fingerprint density at radius 1 is 1.32 bits per heavy atom. The third kappa shape index (κ3) is 2.47. The highest BCUT2D eigenvalue weighted by molar-refractivity contribution is 14.1. The van der Waals surface area contributed by atoms with Gasteiger partial charge in [0.2, 0.25) is 21.2 Å². The fraction of sp³-hybridized carbons (Fsp3) is 0.100. The van der Waals surface area contributed by atoms with Gasteiger partial charge in [0.15, 0.2) is 0 Å². The second kappa shape index (κ2) is 4.89. The van der Waals surface area contributed by atoms with Gasteiger partial charge in [-0.15, -0.1) is 0 Å². The fourth-order valence-corrected chi connectivity index (χ4v) is 3.44. The van der Waals surface area contributed by atoms with E-state index in [1.165, 1.54) is 19.2 Å². The van der Waals surface area contributed by atoms with Crippen LogP contribution < -0.4 is 0 Å². The summed E-state index contributed by atoms with van der Waals surface area (Å²) >= 11 is 2.04. The van der Waals surface area contributed by atoms with Crippen LogP contribution in [0.2, 0.25) is 0 Å². The number of aromatic nitrogens is 2. The Morgan fingerprint density at radius 3 is 2.42 bits per heavy atom. The first-order valence-corrected chi connectivity index (χ1v) is 7.56. The Balaban J connectivity index is 2.66. The topological polar surface area (TPSA) is 95.1 Å². The van der Waals surface area contributed by atoms with Crippen molar-refractivity contribution in [2.75, 3.05) is 0 Å². The van der Waals surface area contributed by atoms with Crippen molar-refractivity contribution in [3.8, 4) is 0 Å². The summed E-state index contributed by atoms with van der Waals surface area (Å²) in [6, 6.07) is 6.06. The number of nitro groups is 1. The molecule has 0 unspecified atom stereocenters. The number of benzene rings is 1. The normalized spacial score (nSPS) is 11.5. The summed E-state index contributed by atoms with van der Waals surface area (Å²) in [4.78, 5) is 13.5. The molecule has 0 amide bonds. The Kier molecular flexibility index (Phi) is 3.58. The zero-order chi connectivity index (χ0) is 14.2. The van der Waals surface area contributed by atoms with Crippen molar-refractivity contribution < 1.29 is 13.3 Å². The molecule has 9 heteroatoms. The second-order valence-corrected chi connectivity index (χ2v) is 6.81. The van der Waals surface area contributed by atoms with Crippen molar-refractivity contribution in [1.29, 1.82) is 0 Å². The molecule has 1 aromatic heterocycles. The maximum absolute atomic E-state index is 12.4. The fourth-order valence-electron chi connectivity index (χ4n) is 1.57. The molecule has 0 fully saturated rings. The van der Waals surface area contributed by atoms with Gasteiger partial charge in [0, 0.05) is 10.6 Å². The summed E-state index contributed by atoms with van der Waals surface area (Å²) in [7, 11) is -2.56. The van der Waals surface area contributed by atoms with Crippen LogP contribution in [0.5, 0.6) is 0 Å². The number of rotatable bonds is 3. The van der Waals surface area contributed by atoms with E-state index in [1.807, 2.05) is 22.6 Å². The number of halogens is 1. The number of imidazole rings is 1. The lowest BCUT2D eigenvalue weighted by Gasteiger charge is -2.04. The first-order chi connectivity index (χ1) is 8.84. The molecule has 0 spiro atoms. The SMILES string of the molecule is Cn1cnc([N+](=O)[O-])c1S(=O)(=O)c1ccc(I)cc1. The molecule has 1 aromatic carbocycles. The third-order valence-electron chi connectivity index (χ3n) is 2.42. The molecule has 0 aliphatic heterocycles. The highest BCUT2D eigenvalue weighted by atomic mass is 127. The van der Waals surface area contributed by atoms with E-state index in [-0.39, 0.29) is 4.90 Å². The highest BCUT2D eigenvalue weighted by Gasteiger charge is 2.32. The van der Waals surface area contributed by atoms with Crippen molar-refractivity contribution >= 4 is 38.2 Å². The van der Waals surface area contributed by atoms with Crippen LogP contribution in [-0.4, -0.2) is 22.9 Å². The lowest BCUT2D eigenvalue weighted by Crippen LogP contribution is -2.09. The highest BCUT2D eigenvalue weighted by Crippen LogP contribution is 2.27. The molecule has 7 nitrogen and oxygen atoms in total. The van der Waals surface area contributed by atoms with Crippen LogP contribution in [0.3, 0.4) is 0 Å². The molecule has 0 saturated carbocycles. The van der Waals surface area contributed by atoms with E-state index < -0.39 is 25.6 Å². The molecule has 19 heavy (non-hydrogen) atoms. The maximum atomic E-state index is 12.4. The Hall–Kier alpha value is -1.49. The lowest BCUT2D eigenvalue weighted by atomic mass is 10.4. The maximum Gasteiger partial charge on any atom is 0.401 e. The summed E-state index contributed by atoms with van der Waals surface area (Å²) in [5.74, 6) is -0.666. The molecule has 0 saturated heterocycles. The molecular formula is C10H8IN3O4S. The number of hydrogen-bond acceptors (Lipinski definition) is 5. The smallest absolute Gasteiger partial charge is 0.358 e. The van der Waals surface area contributed by atoms with Crippen LogP contribution in [0.1, 0.15) is 0 Å². The van der Waals surface area contributed by atoms with Crippen LogP contribution in [-0.2, 0) is 16.9 Å². The van der Waals surface area contributed by atoms with Crippen molar-refractivity contribution in [2.45, 2.75) is 9.92 Å². The molecule has 0 aliphatic carbocycles. The Labute approximate surface area is 122 Å². The van der Waals surface area contributed by atoms with E-state index in [0.29, 0.717) is 0 Å². The van der Waals surface area contributed by atoms with Crippen LogP contribution in [0.15, 0.2) is 40.5 Å². The van der Waals surface area contributed by atoms with E-state index in [4.69, 9.17) is 0 Å².